The number of halogens is 1. The van der Waals surface area contributed by atoms with Crippen molar-refractivity contribution >= 4 is 22.9 Å². The van der Waals surface area contributed by atoms with Crippen molar-refractivity contribution in [2.24, 2.45) is 0 Å². The van der Waals surface area contributed by atoms with Gasteiger partial charge in [-0.3, -0.25) is 0 Å². The van der Waals surface area contributed by atoms with E-state index in [4.69, 9.17) is 16.9 Å². The lowest BCUT2D eigenvalue weighted by molar-refractivity contribution is 1.44. The van der Waals surface area contributed by atoms with E-state index in [1.165, 1.54) is 11.3 Å². The van der Waals surface area contributed by atoms with Gasteiger partial charge in [-0.2, -0.15) is 5.26 Å². The maximum Gasteiger partial charge on any atom is 0.100 e. The molecular weight excluding hydrogens is 178 g/mol. The number of nitriles is 1. The van der Waals surface area contributed by atoms with Crippen molar-refractivity contribution in [1.29, 1.82) is 5.26 Å². The highest BCUT2D eigenvalue weighted by Crippen LogP contribution is 2.17. The maximum absolute atomic E-state index is 8.44. The summed E-state index contributed by atoms with van der Waals surface area (Å²) < 4.78 is 0. The third kappa shape index (κ3) is 2.92. The van der Waals surface area contributed by atoms with Gasteiger partial charge in [-0.05, 0) is 11.4 Å². The molecule has 0 spiro atoms. The molecule has 1 aromatic rings. The minimum Gasteiger partial charge on any atom is -0.192 e. The molecule has 1 aromatic heterocycles. The summed E-state index contributed by atoms with van der Waals surface area (Å²) in [5, 5.41) is 10.3. The van der Waals surface area contributed by atoms with E-state index in [2.05, 4.69) is 6.07 Å². The van der Waals surface area contributed by atoms with E-state index < -0.39 is 0 Å². The van der Waals surface area contributed by atoms with Crippen LogP contribution in [0.15, 0.2) is 11.4 Å². The Morgan fingerprint density at radius 3 is 2.64 bits per heavy atom. The fourth-order valence-corrected chi connectivity index (χ4v) is 1.55. The quantitative estimate of drug-likeness (QED) is 0.619. The van der Waals surface area contributed by atoms with Crippen molar-refractivity contribution in [2.75, 3.05) is 0 Å². The Balaban J connectivity index is 0.000000461. The van der Waals surface area contributed by atoms with Crippen LogP contribution >= 0.6 is 22.9 Å². The van der Waals surface area contributed by atoms with Gasteiger partial charge in [0.1, 0.15) is 6.07 Å². The van der Waals surface area contributed by atoms with Gasteiger partial charge < -0.3 is 0 Å². The number of rotatable bonds is 1. The number of alkyl halides is 1. The minimum absolute atomic E-state index is 0.445. The monoisotopic (exact) mass is 187 g/mol. The molecule has 1 rings (SSSR count). The Labute approximate surface area is 76.2 Å². The molecule has 0 saturated carbocycles. The van der Waals surface area contributed by atoms with Crippen molar-refractivity contribution in [3.05, 3.63) is 21.9 Å². The largest absolute Gasteiger partial charge is 0.192 e. The second kappa shape index (κ2) is 6.21. The first kappa shape index (κ1) is 10.5. The van der Waals surface area contributed by atoms with E-state index in [-0.39, 0.29) is 0 Å². The zero-order valence-corrected chi connectivity index (χ0v) is 8.17. The summed E-state index contributed by atoms with van der Waals surface area (Å²) in [5.74, 6) is 0.445. The lowest BCUT2D eigenvalue weighted by Gasteiger charge is -1.83. The summed E-state index contributed by atoms with van der Waals surface area (Å²) in [4.78, 5) is 0.958. The number of hydrogen-bond donors (Lipinski definition) is 0. The Hall–Kier alpha value is -0.520. The van der Waals surface area contributed by atoms with Crippen LogP contribution in [0.3, 0.4) is 0 Å². The SMILES string of the molecule is CC.N#Cc1ccsc1CCl. The van der Waals surface area contributed by atoms with Gasteiger partial charge in [0, 0.05) is 4.88 Å². The van der Waals surface area contributed by atoms with Crippen LogP contribution in [-0.4, -0.2) is 0 Å². The molecule has 0 bridgehead atoms. The summed E-state index contributed by atoms with van der Waals surface area (Å²) in [7, 11) is 0. The van der Waals surface area contributed by atoms with E-state index in [9.17, 15) is 0 Å². The number of thiophene rings is 1. The average Bonchev–Trinajstić information content (AvgIpc) is 2.54. The molecule has 0 atom stereocenters. The summed E-state index contributed by atoms with van der Waals surface area (Å²) in [5.41, 5.74) is 0.704. The van der Waals surface area contributed by atoms with Gasteiger partial charge in [0.25, 0.3) is 0 Å². The lowest BCUT2D eigenvalue weighted by atomic mass is 10.3. The van der Waals surface area contributed by atoms with Gasteiger partial charge in [0.15, 0.2) is 0 Å². The molecule has 11 heavy (non-hydrogen) atoms. The van der Waals surface area contributed by atoms with E-state index in [1.807, 2.05) is 19.2 Å². The minimum atomic E-state index is 0.445. The average molecular weight is 188 g/mol. The van der Waals surface area contributed by atoms with E-state index in [0.717, 1.165) is 4.88 Å². The Morgan fingerprint density at radius 1 is 1.64 bits per heavy atom. The van der Waals surface area contributed by atoms with E-state index >= 15 is 0 Å². The zero-order valence-electron chi connectivity index (χ0n) is 6.60. The van der Waals surface area contributed by atoms with E-state index in [0.29, 0.717) is 11.4 Å². The molecule has 0 aromatic carbocycles. The molecule has 3 heteroatoms. The number of hydrogen-bond acceptors (Lipinski definition) is 2. The maximum atomic E-state index is 8.44. The first-order valence-corrected chi connectivity index (χ1v) is 4.82. The Bertz CT molecular complexity index is 236. The van der Waals surface area contributed by atoms with Crippen LogP contribution in [0, 0.1) is 11.3 Å². The molecule has 0 saturated heterocycles. The van der Waals surface area contributed by atoms with Crippen molar-refractivity contribution in [1.82, 2.24) is 0 Å². The molecule has 0 aliphatic rings. The van der Waals surface area contributed by atoms with Gasteiger partial charge in [0.2, 0.25) is 0 Å². The van der Waals surface area contributed by atoms with Gasteiger partial charge in [-0.25, -0.2) is 0 Å². The topological polar surface area (TPSA) is 23.8 Å². The van der Waals surface area contributed by atoms with Crippen molar-refractivity contribution < 1.29 is 0 Å². The smallest absolute Gasteiger partial charge is 0.100 e. The molecule has 0 radical (unpaired) electrons. The van der Waals surface area contributed by atoms with Crippen LogP contribution in [-0.2, 0) is 5.88 Å². The van der Waals surface area contributed by atoms with Crippen molar-refractivity contribution in [2.45, 2.75) is 19.7 Å². The van der Waals surface area contributed by atoms with Gasteiger partial charge in [-0.1, -0.05) is 13.8 Å². The Morgan fingerprint density at radius 2 is 2.27 bits per heavy atom. The molecule has 0 N–H and O–H groups in total. The molecule has 0 fully saturated rings. The summed E-state index contributed by atoms with van der Waals surface area (Å²) in [6.45, 7) is 4.00. The molecule has 0 aliphatic heterocycles. The molecule has 1 heterocycles. The predicted molar refractivity (Wildman–Crippen MR) is 49.9 cm³/mol. The third-order valence-corrected chi connectivity index (χ3v) is 2.33. The second-order valence-corrected chi connectivity index (χ2v) is 2.77. The molecule has 0 amide bonds. The zero-order chi connectivity index (χ0) is 8.69. The van der Waals surface area contributed by atoms with Crippen molar-refractivity contribution in [3.8, 4) is 6.07 Å². The molecule has 0 unspecified atom stereocenters. The van der Waals surface area contributed by atoms with Crippen LogP contribution in [0.4, 0.5) is 0 Å². The van der Waals surface area contributed by atoms with Gasteiger partial charge >= 0.3 is 0 Å². The van der Waals surface area contributed by atoms with Crippen molar-refractivity contribution in [3.63, 3.8) is 0 Å². The first-order chi connectivity index (χ1) is 5.38. The third-order valence-electron chi connectivity index (χ3n) is 0.987. The number of nitrogens with zero attached hydrogens (tertiary/aromatic N) is 1. The van der Waals surface area contributed by atoms with Crippen LogP contribution < -0.4 is 0 Å². The van der Waals surface area contributed by atoms with Crippen LogP contribution in [0.2, 0.25) is 0 Å². The predicted octanol–water partition coefficient (Wildman–Crippen LogP) is 3.38. The molecule has 1 nitrogen and oxygen atoms in total. The van der Waals surface area contributed by atoms with Crippen LogP contribution in [0.5, 0.6) is 0 Å². The van der Waals surface area contributed by atoms with Gasteiger partial charge in [0.05, 0.1) is 11.4 Å². The highest BCUT2D eigenvalue weighted by Gasteiger charge is 1.99. The summed E-state index contributed by atoms with van der Waals surface area (Å²) in [6.07, 6.45) is 0. The highest BCUT2D eigenvalue weighted by atomic mass is 35.5. The molecule has 0 aliphatic carbocycles. The summed E-state index contributed by atoms with van der Waals surface area (Å²) in [6, 6.07) is 3.83. The van der Waals surface area contributed by atoms with Crippen LogP contribution in [0.25, 0.3) is 0 Å². The fraction of sp³-hybridized carbons (Fsp3) is 0.375. The lowest BCUT2D eigenvalue weighted by Crippen LogP contribution is -1.72. The van der Waals surface area contributed by atoms with Gasteiger partial charge in [-0.15, -0.1) is 22.9 Å². The molecule has 60 valence electrons. The van der Waals surface area contributed by atoms with E-state index in [1.54, 1.807) is 6.07 Å². The first-order valence-electron chi connectivity index (χ1n) is 3.41. The summed E-state index contributed by atoms with van der Waals surface area (Å²) >= 11 is 7.03. The highest BCUT2D eigenvalue weighted by molar-refractivity contribution is 7.10. The second-order valence-electron chi connectivity index (χ2n) is 1.50. The Kier molecular flexibility index (Phi) is 5.91. The molecular formula is C8H10ClNS. The van der Waals surface area contributed by atoms with Crippen LogP contribution in [0.1, 0.15) is 24.3 Å². The normalized spacial score (nSPS) is 7.82. The fourth-order valence-electron chi connectivity index (χ4n) is 0.544. The standard InChI is InChI=1S/C6H4ClNS.C2H6/c7-3-6-5(4-8)1-2-9-6;1-2/h1-2H,3H2;1-2H3.